The molecule has 2 amide bonds. The molecule has 114 valence electrons. The molecule has 0 saturated carbocycles. The molecule has 2 aromatic rings. The highest BCUT2D eigenvalue weighted by molar-refractivity contribution is 6.40. The monoisotopic (exact) mass is 298 g/mol. The molecule has 0 radical (unpaired) electrons. The van der Waals surface area contributed by atoms with Crippen molar-refractivity contribution in [1.82, 2.24) is 5.32 Å². The molecule has 0 bridgehead atoms. The molecule has 0 atom stereocenters. The number of likely N-dealkylation sites (N-methyl/N-ethyl adjacent to an activating group) is 1. The van der Waals surface area contributed by atoms with E-state index in [-0.39, 0.29) is 6.54 Å². The Labute approximate surface area is 129 Å². The van der Waals surface area contributed by atoms with Gasteiger partial charge >= 0.3 is 11.8 Å². The lowest BCUT2D eigenvalue weighted by atomic mass is 10.2. The zero-order valence-electron chi connectivity index (χ0n) is 12.6. The number of para-hydroxylation sites is 1. The maximum Gasteiger partial charge on any atom is 0.316 e. The molecule has 22 heavy (non-hydrogen) atoms. The predicted molar refractivity (Wildman–Crippen MR) is 84.7 cm³/mol. The zero-order chi connectivity index (χ0) is 15.9. The molecule has 2 aromatic carbocycles. The van der Waals surface area contributed by atoms with Crippen molar-refractivity contribution in [3.05, 3.63) is 60.2 Å². The van der Waals surface area contributed by atoms with Gasteiger partial charge in [0.05, 0.1) is 7.11 Å². The quantitative estimate of drug-likeness (QED) is 0.878. The van der Waals surface area contributed by atoms with Gasteiger partial charge in [-0.05, 0) is 29.8 Å². The van der Waals surface area contributed by atoms with Gasteiger partial charge in [-0.25, -0.2) is 0 Å². The van der Waals surface area contributed by atoms with E-state index < -0.39 is 11.8 Å². The Morgan fingerprint density at radius 1 is 1.05 bits per heavy atom. The lowest BCUT2D eigenvalue weighted by Gasteiger charge is -2.16. The van der Waals surface area contributed by atoms with Crippen LogP contribution in [0.5, 0.6) is 5.75 Å². The third-order valence-electron chi connectivity index (χ3n) is 3.25. The number of anilines is 1. The van der Waals surface area contributed by atoms with Crippen LogP contribution in [0.3, 0.4) is 0 Å². The second kappa shape index (κ2) is 7.26. The summed E-state index contributed by atoms with van der Waals surface area (Å²) < 4.78 is 5.07. The number of hydrogen-bond donors (Lipinski definition) is 1. The second-order valence-corrected chi connectivity index (χ2v) is 4.73. The van der Waals surface area contributed by atoms with Gasteiger partial charge in [0, 0.05) is 19.3 Å². The van der Waals surface area contributed by atoms with Crippen molar-refractivity contribution in [2.75, 3.05) is 19.1 Å². The second-order valence-electron chi connectivity index (χ2n) is 4.73. The molecule has 1 N–H and O–H groups in total. The summed E-state index contributed by atoms with van der Waals surface area (Å²) in [4.78, 5) is 25.3. The van der Waals surface area contributed by atoms with E-state index in [0.717, 1.165) is 11.3 Å². The van der Waals surface area contributed by atoms with Crippen LogP contribution in [0, 0.1) is 0 Å². The van der Waals surface area contributed by atoms with E-state index in [4.69, 9.17) is 4.74 Å². The Kier molecular flexibility index (Phi) is 5.14. The Hall–Kier alpha value is -2.82. The Morgan fingerprint density at radius 2 is 1.68 bits per heavy atom. The maximum absolute atomic E-state index is 12.1. The van der Waals surface area contributed by atoms with Crippen molar-refractivity contribution in [3.8, 4) is 5.75 Å². The number of hydrogen-bond acceptors (Lipinski definition) is 3. The Morgan fingerprint density at radius 3 is 2.27 bits per heavy atom. The van der Waals surface area contributed by atoms with E-state index in [1.807, 2.05) is 30.3 Å². The summed E-state index contributed by atoms with van der Waals surface area (Å²) in [6, 6.07) is 16.3. The first-order valence-corrected chi connectivity index (χ1v) is 6.85. The van der Waals surface area contributed by atoms with Crippen LogP contribution in [0.2, 0.25) is 0 Å². The minimum Gasteiger partial charge on any atom is -0.497 e. The molecule has 0 aromatic heterocycles. The Balaban J connectivity index is 1.92. The Bertz CT molecular complexity index is 639. The van der Waals surface area contributed by atoms with E-state index >= 15 is 0 Å². The molecule has 0 spiro atoms. The minimum atomic E-state index is -0.637. The predicted octanol–water partition coefficient (Wildman–Crippen LogP) is 1.97. The number of nitrogens with zero attached hydrogens (tertiary/aromatic N) is 1. The molecule has 0 saturated heterocycles. The van der Waals surface area contributed by atoms with Crippen molar-refractivity contribution in [3.63, 3.8) is 0 Å². The lowest BCUT2D eigenvalue weighted by Crippen LogP contribution is -2.40. The number of benzene rings is 2. The SMILES string of the molecule is COc1ccc(CNC(=O)C(=O)N(C)c2ccccc2)cc1. The van der Waals surface area contributed by atoms with E-state index in [1.54, 1.807) is 38.4 Å². The van der Waals surface area contributed by atoms with Crippen molar-refractivity contribution in [2.24, 2.45) is 0 Å². The summed E-state index contributed by atoms with van der Waals surface area (Å²) in [5, 5.41) is 2.62. The van der Waals surface area contributed by atoms with Crippen molar-refractivity contribution < 1.29 is 14.3 Å². The first-order chi connectivity index (χ1) is 10.6. The first kappa shape index (κ1) is 15.6. The van der Waals surface area contributed by atoms with Gasteiger partial charge in [-0.2, -0.15) is 0 Å². The first-order valence-electron chi connectivity index (χ1n) is 6.85. The van der Waals surface area contributed by atoms with Gasteiger partial charge in [0.1, 0.15) is 5.75 Å². The fourth-order valence-corrected chi connectivity index (χ4v) is 1.92. The number of carbonyl (C=O) groups is 2. The van der Waals surface area contributed by atoms with Gasteiger partial charge in [0.2, 0.25) is 0 Å². The van der Waals surface area contributed by atoms with Crippen LogP contribution in [0.1, 0.15) is 5.56 Å². The van der Waals surface area contributed by atoms with Crippen LogP contribution in [-0.2, 0) is 16.1 Å². The van der Waals surface area contributed by atoms with Crippen LogP contribution < -0.4 is 15.0 Å². The van der Waals surface area contributed by atoms with E-state index in [0.29, 0.717) is 5.69 Å². The highest BCUT2D eigenvalue weighted by Crippen LogP contribution is 2.12. The molecule has 0 aliphatic heterocycles. The number of rotatable bonds is 4. The van der Waals surface area contributed by atoms with Crippen molar-refractivity contribution >= 4 is 17.5 Å². The largest absolute Gasteiger partial charge is 0.497 e. The summed E-state index contributed by atoms with van der Waals surface area (Å²) in [7, 11) is 3.17. The highest BCUT2D eigenvalue weighted by atomic mass is 16.5. The number of ether oxygens (including phenoxy) is 1. The van der Waals surface area contributed by atoms with Gasteiger partial charge in [-0.1, -0.05) is 30.3 Å². The summed E-state index contributed by atoms with van der Waals surface area (Å²) in [6.45, 7) is 0.289. The smallest absolute Gasteiger partial charge is 0.316 e. The van der Waals surface area contributed by atoms with E-state index in [9.17, 15) is 9.59 Å². The summed E-state index contributed by atoms with van der Waals surface area (Å²) in [5.41, 5.74) is 1.57. The molecule has 5 heteroatoms. The van der Waals surface area contributed by atoms with Gasteiger partial charge in [0.15, 0.2) is 0 Å². The molecule has 0 unspecified atom stereocenters. The van der Waals surface area contributed by atoms with Crippen LogP contribution in [0.25, 0.3) is 0 Å². The van der Waals surface area contributed by atoms with Crippen LogP contribution in [0.15, 0.2) is 54.6 Å². The van der Waals surface area contributed by atoms with Crippen LogP contribution >= 0.6 is 0 Å². The fourth-order valence-electron chi connectivity index (χ4n) is 1.92. The molecule has 2 rings (SSSR count). The topological polar surface area (TPSA) is 58.6 Å². The fraction of sp³-hybridized carbons (Fsp3) is 0.176. The molecular weight excluding hydrogens is 280 g/mol. The third kappa shape index (κ3) is 3.85. The van der Waals surface area contributed by atoms with Gasteiger partial charge < -0.3 is 15.0 Å². The van der Waals surface area contributed by atoms with Gasteiger partial charge in [-0.3, -0.25) is 9.59 Å². The van der Waals surface area contributed by atoms with Crippen LogP contribution in [-0.4, -0.2) is 26.0 Å². The molecule has 0 aliphatic rings. The average Bonchev–Trinajstić information content (AvgIpc) is 2.59. The number of methoxy groups -OCH3 is 1. The van der Waals surface area contributed by atoms with E-state index in [2.05, 4.69) is 5.32 Å². The zero-order valence-corrected chi connectivity index (χ0v) is 12.6. The molecule has 0 fully saturated rings. The number of amides is 2. The lowest BCUT2D eigenvalue weighted by molar-refractivity contribution is -0.137. The molecular formula is C17H18N2O3. The average molecular weight is 298 g/mol. The summed E-state index contributed by atoms with van der Waals surface area (Å²) in [6.07, 6.45) is 0. The van der Waals surface area contributed by atoms with E-state index in [1.165, 1.54) is 4.90 Å². The minimum absolute atomic E-state index is 0.289. The molecule has 0 aliphatic carbocycles. The third-order valence-corrected chi connectivity index (χ3v) is 3.25. The van der Waals surface area contributed by atoms with Gasteiger partial charge in [0.25, 0.3) is 0 Å². The van der Waals surface area contributed by atoms with Gasteiger partial charge in [-0.15, -0.1) is 0 Å². The summed E-state index contributed by atoms with van der Waals surface area (Å²) >= 11 is 0. The van der Waals surface area contributed by atoms with Crippen molar-refractivity contribution in [1.29, 1.82) is 0 Å². The maximum atomic E-state index is 12.1. The number of nitrogens with one attached hydrogen (secondary N) is 1. The molecule has 0 heterocycles. The highest BCUT2D eigenvalue weighted by Gasteiger charge is 2.19. The molecule has 5 nitrogen and oxygen atoms in total. The normalized spacial score (nSPS) is 9.91. The van der Waals surface area contributed by atoms with Crippen molar-refractivity contribution in [2.45, 2.75) is 6.54 Å². The standard InChI is InChI=1S/C17H18N2O3/c1-19(14-6-4-3-5-7-14)17(21)16(20)18-12-13-8-10-15(22-2)11-9-13/h3-11H,12H2,1-2H3,(H,18,20). The number of carbonyl (C=O) groups excluding carboxylic acids is 2. The van der Waals surface area contributed by atoms with Crippen LogP contribution in [0.4, 0.5) is 5.69 Å². The summed E-state index contributed by atoms with van der Waals surface area (Å²) in [5.74, 6) is -0.489.